The molecule has 4 aromatic rings. The molecule has 4 rings (SSSR count). The van der Waals surface area contributed by atoms with Gasteiger partial charge in [0.2, 0.25) is 5.91 Å². The van der Waals surface area contributed by atoms with Crippen LogP contribution in [-0.4, -0.2) is 31.4 Å². The van der Waals surface area contributed by atoms with E-state index in [-0.39, 0.29) is 11.7 Å². The fourth-order valence-corrected chi connectivity index (χ4v) is 4.80. The van der Waals surface area contributed by atoms with Crippen LogP contribution in [0.3, 0.4) is 0 Å². The maximum absolute atomic E-state index is 12.2. The number of thiazole rings is 1. The monoisotopic (exact) mass is 453 g/mol. The zero-order chi connectivity index (χ0) is 20.8. The van der Waals surface area contributed by atoms with Crippen molar-refractivity contribution in [3.8, 4) is 5.69 Å². The zero-order valence-corrected chi connectivity index (χ0v) is 18.6. The van der Waals surface area contributed by atoms with Gasteiger partial charge in [-0.05, 0) is 31.2 Å². The number of amides is 1. The van der Waals surface area contributed by atoms with E-state index in [0.717, 1.165) is 11.5 Å². The normalized spacial score (nSPS) is 10.8. The van der Waals surface area contributed by atoms with Crippen LogP contribution in [0.4, 0.5) is 5.13 Å². The number of nitrogens with one attached hydrogen (secondary N) is 1. The minimum atomic E-state index is -0.117. The Morgan fingerprint density at radius 1 is 1.07 bits per heavy atom. The van der Waals surface area contributed by atoms with Crippen LogP contribution >= 0.6 is 34.9 Å². The van der Waals surface area contributed by atoms with E-state index in [1.807, 2.05) is 40.3 Å². The third-order valence-corrected chi connectivity index (χ3v) is 6.74. The maximum Gasteiger partial charge on any atom is 0.236 e. The number of carbonyl (C=O) groups excluding carboxylic acids is 1. The number of para-hydroxylation sites is 1. The number of benzene rings is 2. The summed E-state index contributed by atoms with van der Waals surface area (Å²) >= 11 is 4.47. The lowest BCUT2D eigenvalue weighted by molar-refractivity contribution is -0.113. The summed E-state index contributed by atoms with van der Waals surface area (Å²) in [5, 5.41) is 14.7. The van der Waals surface area contributed by atoms with Crippen molar-refractivity contribution in [3.05, 3.63) is 77.6 Å². The summed E-state index contributed by atoms with van der Waals surface area (Å²) in [6, 6.07) is 18.4. The second kappa shape index (κ2) is 9.92. The lowest BCUT2D eigenvalue weighted by Crippen LogP contribution is -2.14. The van der Waals surface area contributed by atoms with Gasteiger partial charge in [-0.2, -0.15) is 0 Å². The first-order valence-corrected chi connectivity index (χ1v) is 12.1. The van der Waals surface area contributed by atoms with Crippen molar-refractivity contribution in [2.45, 2.75) is 22.7 Å². The van der Waals surface area contributed by atoms with Crippen LogP contribution in [-0.2, 0) is 10.5 Å². The summed E-state index contributed by atoms with van der Waals surface area (Å²) in [6.07, 6.45) is 1.66. The molecule has 0 bridgehead atoms. The first kappa shape index (κ1) is 20.6. The van der Waals surface area contributed by atoms with Crippen LogP contribution < -0.4 is 5.32 Å². The molecule has 2 aromatic carbocycles. The molecule has 6 nitrogen and oxygen atoms in total. The van der Waals surface area contributed by atoms with Crippen molar-refractivity contribution in [3.63, 3.8) is 0 Å². The van der Waals surface area contributed by atoms with Gasteiger partial charge in [-0.1, -0.05) is 47.7 Å². The summed E-state index contributed by atoms with van der Waals surface area (Å²) < 4.78 is 2.02. The molecule has 9 heteroatoms. The van der Waals surface area contributed by atoms with Crippen LogP contribution in [0.1, 0.15) is 11.4 Å². The second-order valence-corrected chi connectivity index (χ2v) is 9.23. The Morgan fingerprint density at radius 3 is 2.60 bits per heavy atom. The van der Waals surface area contributed by atoms with E-state index in [2.05, 4.69) is 51.7 Å². The van der Waals surface area contributed by atoms with Gasteiger partial charge in [0.05, 0.1) is 11.5 Å². The molecule has 1 amide bonds. The summed E-state index contributed by atoms with van der Waals surface area (Å²) in [7, 11) is 0. The van der Waals surface area contributed by atoms with E-state index < -0.39 is 0 Å². The number of aryl methyl sites for hydroxylation is 1. The third kappa shape index (κ3) is 5.29. The quantitative estimate of drug-likeness (QED) is 0.376. The molecule has 0 aliphatic heterocycles. The van der Waals surface area contributed by atoms with Gasteiger partial charge in [0.25, 0.3) is 0 Å². The predicted octanol–water partition coefficient (Wildman–Crippen LogP) is 5.06. The molecule has 0 saturated carbocycles. The molecular weight excluding hydrogens is 434 g/mol. The second-order valence-electron chi connectivity index (χ2n) is 6.35. The first-order chi connectivity index (χ1) is 14.7. The van der Waals surface area contributed by atoms with Crippen LogP contribution in [0, 0.1) is 6.92 Å². The maximum atomic E-state index is 12.2. The van der Waals surface area contributed by atoms with E-state index in [4.69, 9.17) is 0 Å². The number of anilines is 1. The molecule has 2 aromatic heterocycles. The molecule has 0 unspecified atom stereocenters. The summed E-state index contributed by atoms with van der Waals surface area (Å²) in [5.41, 5.74) is 2.21. The van der Waals surface area contributed by atoms with Crippen LogP contribution in [0.2, 0.25) is 0 Å². The molecular formula is C21H19N5OS3. The fraction of sp³-hybridized carbons (Fsp3) is 0.143. The summed E-state index contributed by atoms with van der Waals surface area (Å²) in [4.78, 5) is 17.5. The molecule has 0 aliphatic rings. The van der Waals surface area contributed by atoms with Crippen LogP contribution in [0.5, 0.6) is 0 Å². The lowest BCUT2D eigenvalue weighted by atomic mass is 10.2. The van der Waals surface area contributed by atoms with E-state index in [0.29, 0.717) is 16.0 Å². The Morgan fingerprint density at radius 2 is 1.87 bits per heavy atom. The number of hydrogen-bond donors (Lipinski definition) is 1. The highest BCUT2D eigenvalue weighted by molar-refractivity contribution is 7.99. The van der Waals surface area contributed by atoms with Gasteiger partial charge in [0, 0.05) is 22.2 Å². The van der Waals surface area contributed by atoms with Crippen molar-refractivity contribution in [1.29, 1.82) is 0 Å². The molecule has 0 radical (unpaired) electrons. The third-order valence-electron chi connectivity index (χ3n) is 4.11. The van der Waals surface area contributed by atoms with Gasteiger partial charge < -0.3 is 5.32 Å². The van der Waals surface area contributed by atoms with Crippen molar-refractivity contribution in [2.24, 2.45) is 0 Å². The van der Waals surface area contributed by atoms with Gasteiger partial charge >= 0.3 is 0 Å². The van der Waals surface area contributed by atoms with Gasteiger partial charge in [-0.25, -0.2) is 4.98 Å². The number of rotatable bonds is 8. The standard InChI is InChI=1S/C21H19N5OS3/c1-15-7-9-17(10-8-15)29-13-18-24-25-21(26(18)16-5-3-2-4-6-16)30-14-19(27)23-20-22-11-12-28-20/h2-12H,13-14H2,1H3,(H,22,23,27). The Bertz CT molecular complexity index is 1100. The molecule has 0 saturated heterocycles. The summed E-state index contributed by atoms with van der Waals surface area (Å²) in [5.74, 6) is 1.63. The van der Waals surface area contributed by atoms with E-state index >= 15 is 0 Å². The van der Waals surface area contributed by atoms with Crippen molar-refractivity contribution in [2.75, 3.05) is 11.1 Å². The Balaban J connectivity index is 1.50. The van der Waals surface area contributed by atoms with E-state index in [1.54, 1.807) is 18.0 Å². The predicted molar refractivity (Wildman–Crippen MR) is 124 cm³/mol. The number of nitrogens with zero attached hydrogens (tertiary/aromatic N) is 4. The van der Waals surface area contributed by atoms with Crippen LogP contribution in [0.15, 0.2) is 76.2 Å². The lowest BCUT2D eigenvalue weighted by Gasteiger charge is -2.10. The minimum Gasteiger partial charge on any atom is -0.301 e. The van der Waals surface area contributed by atoms with Gasteiger partial charge in [0.15, 0.2) is 10.3 Å². The number of thioether (sulfide) groups is 2. The molecule has 0 aliphatic carbocycles. The SMILES string of the molecule is Cc1ccc(SCc2nnc(SCC(=O)Nc3nccs3)n2-c2ccccc2)cc1. The molecule has 152 valence electrons. The van der Waals surface area contributed by atoms with Gasteiger partial charge in [0.1, 0.15) is 5.82 Å². The van der Waals surface area contributed by atoms with E-state index in [9.17, 15) is 4.79 Å². The Kier molecular flexibility index (Phi) is 6.83. The van der Waals surface area contributed by atoms with Gasteiger partial charge in [-0.3, -0.25) is 9.36 Å². The van der Waals surface area contributed by atoms with Crippen molar-refractivity contribution < 1.29 is 4.79 Å². The van der Waals surface area contributed by atoms with Crippen molar-refractivity contribution >= 4 is 45.9 Å². The molecule has 30 heavy (non-hydrogen) atoms. The topological polar surface area (TPSA) is 72.7 Å². The number of aromatic nitrogens is 4. The highest BCUT2D eigenvalue weighted by Gasteiger charge is 2.16. The average molecular weight is 454 g/mol. The van der Waals surface area contributed by atoms with Crippen molar-refractivity contribution in [1.82, 2.24) is 19.7 Å². The smallest absolute Gasteiger partial charge is 0.236 e. The molecule has 0 atom stereocenters. The number of hydrogen-bond acceptors (Lipinski definition) is 7. The minimum absolute atomic E-state index is 0.117. The molecule has 1 N–H and O–H groups in total. The zero-order valence-electron chi connectivity index (χ0n) is 16.2. The Hall–Kier alpha value is -2.62. The number of carbonyl (C=O) groups is 1. The fourth-order valence-electron chi connectivity index (χ4n) is 2.68. The first-order valence-electron chi connectivity index (χ1n) is 9.20. The molecule has 0 spiro atoms. The highest BCUT2D eigenvalue weighted by atomic mass is 32.2. The van der Waals surface area contributed by atoms with E-state index in [1.165, 1.54) is 33.6 Å². The molecule has 0 fully saturated rings. The summed E-state index contributed by atoms with van der Waals surface area (Å²) in [6.45, 7) is 2.08. The van der Waals surface area contributed by atoms with Gasteiger partial charge in [-0.15, -0.1) is 33.3 Å². The largest absolute Gasteiger partial charge is 0.301 e. The average Bonchev–Trinajstić information content (AvgIpc) is 3.42. The molecule has 2 heterocycles. The van der Waals surface area contributed by atoms with Crippen LogP contribution in [0.25, 0.3) is 5.69 Å². The Labute approximate surface area is 187 Å². The highest BCUT2D eigenvalue weighted by Crippen LogP contribution is 2.27.